The standard InChI is InChI=1S/C15H30N2O4Si/c1-5-9-10-20-14(18)16-17-15(19)21-22(11-6-2,12-7-3)13-8-4/h5-13H2,1-4H3. The molecule has 0 aliphatic rings. The Labute approximate surface area is 134 Å². The van der Waals surface area contributed by atoms with Crippen LogP contribution in [0.5, 0.6) is 0 Å². The topological polar surface area (TPSA) is 77.3 Å². The van der Waals surface area contributed by atoms with E-state index in [0.717, 1.165) is 50.2 Å². The van der Waals surface area contributed by atoms with Crippen LogP contribution in [0.15, 0.2) is 10.2 Å². The monoisotopic (exact) mass is 330 g/mol. The number of hydrogen-bond donors (Lipinski definition) is 0. The van der Waals surface area contributed by atoms with E-state index in [4.69, 9.17) is 9.16 Å². The third-order valence-electron chi connectivity index (χ3n) is 3.36. The van der Waals surface area contributed by atoms with E-state index in [1.54, 1.807) is 0 Å². The lowest BCUT2D eigenvalue weighted by Gasteiger charge is -2.29. The maximum absolute atomic E-state index is 11.9. The molecule has 6 nitrogen and oxygen atoms in total. The molecule has 0 saturated carbocycles. The molecule has 0 bridgehead atoms. The highest BCUT2D eigenvalue weighted by molar-refractivity contribution is 6.75. The van der Waals surface area contributed by atoms with Crippen LogP contribution in [-0.2, 0) is 9.16 Å². The molecule has 0 radical (unpaired) electrons. The second-order valence-corrected chi connectivity index (χ2v) is 9.54. The van der Waals surface area contributed by atoms with Crippen molar-refractivity contribution in [2.24, 2.45) is 10.2 Å². The third kappa shape index (κ3) is 8.91. The normalized spacial score (nSPS) is 11.6. The first-order valence-corrected chi connectivity index (χ1v) is 10.9. The molecule has 0 saturated heterocycles. The summed E-state index contributed by atoms with van der Waals surface area (Å²) >= 11 is 0. The van der Waals surface area contributed by atoms with Crippen molar-refractivity contribution in [3.8, 4) is 0 Å². The fourth-order valence-electron chi connectivity index (χ4n) is 2.51. The Bertz CT molecular complexity index is 344. The molecule has 0 heterocycles. The summed E-state index contributed by atoms with van der Waals surface area (Å²) in [6.45, 7) is 8.56. The minimum absolute atomic E-state index is 0.295. The number of carbonyl (C=O) groups excluding carboxylic acids is 2. The molecule has 0 N–H and O–H groups in total. The van der Waals surface area contributed by atoms with Crippen molar-refractivity contribution in [1.29, 1.82) is 0 Å². The number of ether oxygens (including phenoxy) is 1. The van der Waals surface area contributed by atoms with Gasteiger partial charge in [-0.1, -0.05) is 63.6 Å². The number of hydrogen-bond acceptors (Lipinski definition) is 4. The number of rotatable bonds is 10. The van der Waals surface area contributed by atoms with Gasteiger partial charge in [-0.25, -0.2) is 9.59 Å². The SMILES string of the molecule is CCCCOC(=O)N=NC(=O)O[Si](CCC)(CCC)CCC. The summed E-state index contributed by atoms with van der Waals surface area (Å²) in [6, 6.07) is 2.78. The molecule has 0 aromatic carbocycles. The zero-order valence-corrected chi connectivity index (χ0v) is 15.4. The molecule has 0 atom stereocenters. The van der Waals surface area contributed by atoms with Gasteiger partial charge in [-0.15, -0.1) is 0 Å². The summed E-state index contributed by atoms with van der Waals surface area (Å²) in [5.41, 5.74) is 0. The minimum Gasteiger partial charge on any atom is -0.501 e. The van der Waals surface area contributed by atoms with Crippen LogP contribution < -0.4 is 0 Å². The van der Waals surface area contributed by atoms with Crippen molar-refractivity contribution in [1.82, 2.24) is 0 Å². The van der Waals surface area contributed by atoms with Gasteiger partial charge in [-0.2, -0.15) is 0 Å². The van der Waals surface area contributed by atoms with Crippen LogP contribution in [0, 0.1) is 0 Å². The second-order valence-electron chi connectivity index (χ2n) is 5.47. The van der Waals surface area contributed by atoms with Crippen LogP contribution in [0.1, 0.15) is 59.8 Å². The van der Waals surface area contributed by atoms with Crippen LogP contribution in [0.2, 0.25) is 18.1 Å². The maximum atomic E-state index is 11.9. The lowest BCUT2D eigenvalue weighted by Crippen LogP contribution is -2.39. The predicted octanol–water partition coefficient (Wildman–Crippen LogP) is 5.69. The molecule has 7 heteroatoms. The van der Waals surface area contributed by atoms with Gasteiger partial charge in [0.05, 0.1) is 6.61 Å². The average Bonchev–Trinajstić information content (AvgIpc) is 2.46. The van der Waals surface area contributed by atoms with Crippen molar-refractivity contribution in [3.05, 3.63) is 0 Å². The highest BCUT2D eigenvalue weighted by Gasteiger charge is 2.36. The highest BCUT2D eigenvalue weighted by atomic mass is 28.4. The molecule has 0 aliphatic heterocycles. The van der Waals surface area contributed by atoms with E-state index < -0.39 is 20.5 Å². The van der Waals surface area contributed by atoms with Crippen molar-refractivity contribution in [2.45, 2.75) is 77.9 Å². The summed E-state index contributed by atoms with van der Waals surface area (Å²) in [5, 5.41) is 6.63. The van der Waals surface area contributed by atoms with E-state index in [1.165, 1.54) is 0 Å². The third-order valence-corrected chi connectivity index (χ3v) is 8.20. The first kappa shape index (κ1) is 20.8. The minimum atomic E-state index is -2.12. The summed E-state index contributed by atoms with van der Waals surface area (Å²) < 4.78 is 10.5. The molecular formula is C15H30N2O4Si. The lowest BCUT2D eigenvalue weighted by atomic mass is 10.4. The second kappa shape index (κ2) is 12.3. The molecule has 0 aromatic heterocycles. The highest BCUT2D eigenvalue weighted by Crippen LogP contribution is 2.28. The largest absolute Gasteiger partial charge is 0.501 e. The smallest absolute Gasteiger partial charge is 0.452 e. The van der Waals surface area contributed by atoms with E-state index in [0.29, 0.717) is 6.61 Å². The van der Waals surface area contributed by atoms with Gasteiger partial charge in [0.25, 0.3) is 8.32 Å². The van der Waals surface area contributed by atoms with Crippen molar-refractivity contribution >= 4 is 20.5 Å². The van der Waals surface area contributed by atoms with Crippen LogP contribution >= 0.6 is 0 Å². The Kier molecular flexibility index (Phi) is 11.6. The van der Waals surface area contributed by atoms with E-state index in [2.05, 4.69) is 31.0 Å². The van der Waals surface area contributed by atoms with Crippen LogP contribution in [-0.4, -0.2) is 27.1 Å². The predicted molar refractivity (Wildman–Crippen MR) is 88.6 cm³/mol. The lowest BCUT2D eigenvalue weighted by molar-refractivity contribution is 0.152. The molecule has 22 heavy (non-hydrogen) atoms. The summed E-state index contributed by atoms with van der Waals surface area (Å²) in [6.07, 6.45) is 3.05. The Morgan fingerprint density at radius 1 is 0.818 bits per heavy atom. The molecule has 128 valence electrons. The Morgan fingerprint density at radius 2 is 1.32 bits per heavy atom. The molecule has 0 unspecified atom stereocenters. The number of azo groups is 1. The number of unbranched alkanes of at least 4 members (excludes halogenated alkanes) is 1. The van der Waals surface area contributed by atoms with Crippen LogP contribution in [0.25, 0.3) is 0 Å². The van der Waals surface area contributed by atoms with Crippen molar-refractivity contribution < 1.29 is 18.8 Å². The molecule has 2 amide bonds. The number of amides is 2. The van der Waals surface area contributed by atoms with Gasteiger partial charge in [-0.05, 0) is 24.6 Å². The first-order chi connectivity index (χ1) is 10.5. The molecule has 0 fully saturated rings. The fourth-order valence-corrected chi connectivity index (χ4v) is 6.72. The van der Waals surface area contributed by atoms with Gasteiger partial charge >= 0.3 is 12.2 Å². The Morgan fingerprint density at radius 3 is 1.77 bits per heavy atom. The van der Waals surface area contributed by atoms with Crippen LogP contribution in [0.3, 0.4) is 0 Å². The van der Waals surface area contributed by atoms with Gasteiger partial charge < -0.3 is 9.16 Å². The zero-order valence-electron chi connectivity index (χ0n) is 14.4. The van der Waals surface area contributed by atoms with E-state index in [1.807, 2.05) is 6.92 Å². The summed E-state index contributed by atoms with van der Waals surface area (Å²) in [4.78, 5) is 23.1. The maximum Gasteiger partial charge on any atom is 0.452 e. The first-order valence-electron chi connectivity index (χ1n) is 8.35. The van der Waals surface area contributed by atoms with E-state index in [9.17, 15) is 9.59 Å². The molecule has 0 aliphatic carbocycles. The number of nitrogens with zero attached hydrogens (tertiary/aromatic N) is 2. The van der Waals surface area contributed by atoms with E-state index in [-0.39, 0.29) is 0 Å². The molecule has 0 spiro atoms. The van der Waals surface area contributed by atoms with Crippen molar-refractivity contribution in [2.75, 3.05) is 6.61 Å². The quantitative estimate of drug-likeness (QED) is 0.293. The van der Waals surface area contributed by atoms with Crippen LogP contribution in [0.4, 0.5) is 9.59 Å². The van der Waals surface area contributed by atoms with Gasteiger partial charge in [-0.3, -0.25) is 0 Å². The van der Waals surface area contributed by atoms with Gasteiger partial charge in [0.15, 0.2) is 0 Å². The van der Waals surface area contributed by atoms with Gasteiger partial charge in [0.2, 0.25) is 0 Å². The number of carbonyl (C=O) groups is 2. The fraction of sp³-hybridized carbons (Fsp3) is 0.867. The van der Waals surface area contributed by atoms with Crippen molar-refractivity contribution in [3.63, 3.8) is 0 Å². The van der Waals surface area contributed by atoms with E-state index >= 15 is 0 Å². The Balaban J connectivity index is 4.57. The average molecular weight is 331 g/mol. The summed E-state index contributed by atoms with van der Waals surface area (Å²) in [5.74, 6) is 0. The molecular weight excluding hydrogens is 300 g/mol. The molecule has 0 rings (SSSR count). The summed E-state index contributed by atoms with van der Waals surface area (Å²) in [7, 11) is -2.12. The van der Waals surface area contributed by atoms with Gasteiger partial charge in [0.1, 0.15) is 0 Å². The van der Waals surface area contributed by atoms with Gasteiger partial charge in [0, 0.05) is 0 Å². The zero-order chi connectivity index (χ0) is 16.8. The Hall–Kier alpha value is -1.24. The molecule has 0 aromatic rings.